The monoisotopic (exact) mass is 432 g/mol. The highest BCUT2D eigenvalue weighted by atomic mass is 16.5. The van der Waals surface area contributed by atoms with E-state index in [1.54, 1.807) is 24.3 Å². The standard InChI is InChI=1S/C26H28N2O4/c1-31-26(30)18-5-7-22(8-6-18)32-25-13-21-16-28(15-20(21)12-24(25)29)14-17-4-9-23-19(11-17)3-2-10-27-23/h2-11,20-21,24-25,29H,12-16H2,1H3/t20-,21+,24-,25-/m0/s1. The molecule has 1 aliphatic heterocycles. The number of ether oxygens (including phenoxy) is 2. The van der Waals surface area contributed by atoms with Crippen molar-refractivity contribution in [2.45, 2.75) is 31.6 Å². The van der Waals surface area contributed by atoms with Crippen LogP contribution in [0.15, 0.2) is 60.8 Å². The average molecular weight is 433 g/mol. The number of nitrogens with zero attached hydrogens (tertiary/aromatic N) is 2. The van der Waals surface area contributed by atoms with Crippen LogP contribution in [0.2, 0.25) is 0 Å². The molecule has 0 spiro atoms. The van der Waals surface area contributed by atoms with Gasteiger partial charge in [0.2, 0.25) is 0 Å². The molecule has 0 bridgehead atoms. The van der Waals surface area contributed by atoms with Crippen LogP contribution in [0.25, 0.3) is 10.9 Å². The molecule has 2 aliphatic rings. The Morgan fingerprint density at radius 2 is 1.88 bits per heavy atom. The molecule has 6 heteroatoms. The quantitative estimate of drug-likeness (QED) is 0.621. The normalized spacial score (nSPS) is 25.4. The summed E-state index contributed by atoms with van der Waals surface area (Å²) in [5.41, 5.74) is 2.80. The van der Waals surface area contributed by atoms with E-state index < -0.39 is 6.10 Å². The number of carbonyl (C=O) groups is 1. The Bertz CT molecular complexity index is 1100. The predicted octanol–water partition coefficient (Wildman–Crippen LogP) is 3.67. The summed E-state index contributed by atoms with van der Waals surface area (Å²) in [6.45, 7) is 2.94. The fraction of sp³-hybridized carbons (Fsp3) is 0.385. The third-order valence-corrected chi connectivity index (χ3v) is 6.80. The lowest BCUT2D eigenvalue weighted by Gasteiger charge is -2.35. The van der Waals surface area contributed by atoms with Gasteiger partial charge < -0.3 is 14.6 Å². The van der Waals surface area contributed by atoms with Crippen molar-refractivity contribution in [1.29, 1.82) is 0 Å². The molecule has 1 aliphatic carbocycles. The summed E-state index contributed by atoms with van der Waals surface area (Å²) in [6.07, 6.45) is 2.70. The first kappa shape index (κ1) is 20.9. The van der Waals surface area contributed by atoms with Gasteiger partial charge in [0.05, 0.1) is 24.3 Å². The van der Waals surface area contributed by atoms with Crippen molar-refractivity contribution < 1.29 is 19.4 Å². The second-order valence-electron chi connectivity index (χ2n) is 8.96. The first-order valence-electron chi connectivity index (χ1n) is 11.2. The van der Waals surface area contributed by atoms with E-state index in [-0.39, 0.29) is 12.1 Å². The van der Waals surface area contributed by atoms with Crippen molar-refractivity contribution in [2.75, 3.05) is 20.2 Å². The van der Waals surface area contributed by atoms with Crippen molar-refractivity contribution in [3.63, 3.8) is 0 Å². The maximum atomic E-state index is 11.6. The minimum Gasteiger partial charge on any atom is -0.488 e. The number of aromatic nitrogens is 1. The Morgan fingerprint density at radius 1 is 1.09 bits per heavy atom. The van der Waals surface area contributed by atoms with Gasteiger partial charge in [-0.25, -0.2) is 4.79 Å². The number of benzene rings is 2. The number of methoxy groups -OCH3 is 1. The Kier molecular flexibility index (Phi) is 5.81. The van der Waals surface area contributed by atoms with Gasteiger partial charge in [-0.1, -0.05) is 12.1 Å². The summed E-state index contributed by atoms with van der Waals surface area (Å²) < 4.78 is 10.9. The molecular formula is C26H28N2O4. The van der Waals surface area contributed by atoms with Crippen molar-refractivity contribution in [1.82, 2.24) is 9.88 Å². The van der Waals surface area contributed by atoms with Crippen LogP contribution in [0.3, 0.4) is 0 Å². The van der Waals surface area contributed by atoms with Crippen molar-refractivity contribution in [3.8, 4) is 5.75 Å². The van der Waals surface area contributed by atoms with Gasteiger partial charge in [0, 0.05) is 31.2 Å². The number of aliphatic hydroxyl groups excluding tert-OH is 1. The predicted molar refractivity (Wildman–Crippen MR) is 121 cm³/mol. The molecule has 3 aromatic rings. The molecule has 32 heavy (non-hydrogen) atoms. The average Bonchev–Trinajstić information content (AvgIpc) is 3.20. The number of pyridine rings is 1. The number of rotatable bonds is 5. The van der Waals surface area contributed by atoms with Gasteiger partial charge in [-0.15, -0.1) is 0 Å². The molecule has 166 valence electrons. The van der Waals surface area contributed by atoms with Gasteiger partial charge in [0.15, 0.2) is 0 Å². The van der Waals surface area contributed by atoms with E-state index in [0.717, 1.165) is 38.0 Å². The second-order valence-corrected chi connectivity index (χ2v) is 8.96. The molecule has 2 aromatic carbocycles. The summed E-state index contributed by atoms with van der Waals surface area (Å²) >= 11 is 0. The fourth-order valence-corrected chi connectivity index (χ4v) is 5.19. The van der Waals surface area contributed by atoms with Crippen molar-refractivity contribution in [3.05, 3.63) is 71.9 Å². The molecule has 5 rings (SSSR count). The lowest BCUT2D eigenvalue weighted by atomic mass is 9.78. The van der Waals surface area contributed by atoms with Crippen LogP contribution < -0.4 is 4.74 Å². The van der Waals surface area contributed by atoms with Crippen LogP contribution in [0.4, 0.5) is 0 Å². The first-order valence-corrected chi connectivity index (χ1v) is 11.2. The molecule has 0 amide bonds. The number of likely N-dealkylation sites (tertiary alicyclic amines) is 1. The minimum atomic E-state index is -0.483. The van der Waals surface area contributed by atoms with E-state index in [9.17, 15) is 9.90 Å². The van der Waals surface area contributed by atoms with E-state index in [1.807, 2.05) is 12.3 Å². The van der Waals surface area contributed by atoms with Crippen LogP contribution in [-0.2, 0) is 11.3 Å². The van der Waals surface area contributed by atoms with Crippen molar-refractivity contribution >= 4 is 16.9 Å². The summed E-state index contributed by atoms with van der Waals surface area (Å²) in [5.74, 6) is 1.30. The number of fused-ring (bicyclic) bond motifs is 2. The van der Waals surface area contributed by atoms with E-state index in [4.69, 9.17) is 9.47 Å². The number of aliphatic hydroxyl groups is 1. The van der Waals surface area contributed by atoms with Gasteiger partial charge >= 0.3 is 5.97 Å². The molecule has 0 radical (unpaired) electrons. The molecule has 2 fully saturated rings. The molecule has 1 N–H and O–H groups in total. The number of carbonyl (C=O) groups excluding carboxylic acids is 1. The third-order valence-electron chi connectivity index (χ3n) is 6.80. The Hall–Kier alpha value is -2.96. The van der Waals surface area contributed by atoms with E-state index in [1.165, 1.54) is 18.1 Å². The Labute approximate surface area is 187 Å². The molecule has 0 unspecified atom stereocenters. The van der Waals surface area contributed by atoms with E-state index in [2.05, 4.69) is 34.1 Å². The van der Waals surface area contributed by atoms with E-state index in [0.29, 0.717) is 23.1 Å². The summed E-state index contributed by atoms with van der Waals surface area (Å²) in [5, 5.41) is 11.9. The zero-order valence-electron chi connectivity index (χ0n) is 18.2. The molecule has 6 nitrogen and oxygen atoms in total. The van der Waals surface area contributed by atoms with Crippen LogP contribution in [0.1, 0.15) is 28.8 Å². The maximum absolute atomic E-state index is 11.6. The molecule has 1 saturated heterocycles. The highest BCUT2D eigenvalue weighted by Gasteiger charge is 2.42. The van der Waals surface area contributed by atoms with Crippen LogP contribution in [0, 0.1) is 11.8 Å². The summed E-state index contributed by atoms with van der Waals surface area (Å²) in [6, 6.07) is 17.5. The molecule has 4 atom stereocenters. The van der Waals surface area contributed by atoms with Crippen molar-refractivity contribution in [2.24, 2.45) is 11.8 Å². The zero-order valence-corrected chi connectivity index (χ0v) is 18.2. The second kappa shape index (κ2) is 8.88. The Morgan fingerprint density at radius 3 is 2.66 bits per heavy atom. The molecule has 1 saturated carbocycles. The van der Waals surface area contributed by atoms with Gasteiger partial charge in [-0.05, 0) is 72.7 Å². The number of hydrogen-bond donors (Lipinski definition) is 1. The third kappa shape index (κ3) is 4.33. The van der Waals surface area contributed by atoms with Crippen LogP contribution in [0.5, 0.6) is 5.75 Å². The lowest BCUT2D eigenvalue weighted by Crippen LogP contribution is -2.42. The zero-order chi connectivity index (χ0) is 22.1. The highest BCUT2D eigenvalue weighted by molar-refractivity contribution is 5.89. The fourth-order valence-electron chi connectivity index (χ4n) is 5.19. The highest BCUT2D eigenvalue weighted by Crippen LogP contribution is 2.38. The van der Waals surface area contributed by atoms with Crippen LogP contribution in [-0.4, -0.2) is 53.4 Å². The minimum absolute atomic E-state index is 0.230. The summed E-state index contributed by atoms with van der Waals surface area (Å²) in [7, 11) is 1.36. The topological polar surface area (TPSA) is 71.9 Å². The Balaban J connectivity index is 1.21. The molecular weight excluding hydrogens is 404 g/mol. The molecule has 2 heterocycles. The lowest BCUT2D eigenvalue weighted by molar-refractivity contribution is -0.0231. The number of esters is 1. The van der Waals surface area contributed by atoms with Gasteiger partial charge in [0.1, 0.15) is 11.9 Å². The summed E-state index contributed by atoms with van der Waals surface area (Å²) in [4.78, 5) is 18.5. The van der Waals surface area contributed by atoms with E-state index >= 15 is 0 Å². The van der Waals surface area contributed by atoms with Gasteiger partial charge in [-0.3, -0.25) is 9.88 Å². The smallest absolute Gasteiger partial charge is 0.337 e. The van der Waals surface area contributed by atoms with Crippen LogP contribution >= 0.6 is 0 Å². The van der Waals surface area contributed by atoms with Gasteiger partial charge in [-0.2, -0.15) is 0 Å². The maximum Gasteiger partial charge on any atom is 0.337 e. The molecule has 1 aromatic heterocycles. The largest absolute Gasteiger partial charge is 0.488 e. The SMILES string of the molecule is COC(=O)c1ccc(O[C@H]2C[C@@H]3CN(Cc4ccc5ncccc5c4)C[C@@H]3C[C@@H]2O)cc1. The number of hydrogen-bond acceptors (Lipinski definition) is 6. The first-order chi connectivity index (χ1) is 15.6. The van der Waals surface area contributed by atoms with Gasteiger partial charge in [0.25, 0.3) is 0 Å².